The molecule has 2 unspecified atom stereocenters. The predicted molar refractivity (Wildman–Crippen MR) is 77.0 cm³/mol. The van der Waals surface area contributed by atoms with E-state index in [-0.39, 0.29) is 12.1 Å². The summed E-state index contributed by atoms with van der Waals surface area (Å²) < 4.78 is 2.24. The molecule has 0 spiro atoms. The lowest BCUT2D eigenvalue weighted by Gasteiger charge is -2.26. The van der Waals surface area contributed by atoms with Crippen LogP contribution >= 0.6 is 11.3 Å². The largest absolute Gasteiger partial charge is 0.326 e. The van der Waals surface area contributed by atoms with Gasteiger partial charge in [-0.25, -0.2) is 4.98 Å². The molecule has 2 atom stereocenters. The van der Waals surface area contributed by atoms with Crippen LogP contribution in [0.15, 0.2) is 29.9 Å². The first-order valence-corrected chi connectivity index (χ1v) is 7.34. The molecule has 3 nitrogen and oxygen atoms in total. The standard InChI is InChI=1S/C14H21N3S/c1-4-11(15)13(12-6-5-9-18-12)17-8-7-16-14(17)10(2)3/h5-11,13H,4,15H2,1-3H3. The zero-order valence-electron chi connectivity index (χ0n) is 11.2. The molecule has 0 aliphatic carbocycles. The van der Waals surface area contributed by atoms with E-state index in [0.717, 1.165) is 12.2 Å². The molecule has 2 N–H and O–H groups in total. The molecule has 2 rings (SSSR count). The summed E-state index contributed by atoms with van der Waals surface area (Å²) in [5, 5.41) is 2.11. The number of hydrogen-bond acceptors (Lipinski definition) is 3. The minimum absolute atomic E-state index is 0.121. The van der Waals surface area contributed by atoms with E-state index in [1.54, 1.807) is 11.3 Å². The van der Waals surface area contributed by atoms with Gasteiger partial charge in [0.1, 0.15) is 5.82 Å². The van der Waals surface area contributed by atoms with Gasteiger partial charge < -0.3 is 10.3 Å². The van der Waals surface area contributed by atoms with Crippen molar-refractivity contribution in [3.63, 3.8) is 0 Å². The van der Waals surface area contributed by atoms with Gasteiger partial charge in [0.15, 0.2) is 0 Å². The Kier molecular flexibility index (Phi) is 4.19. The Labute approximate surface area is 113 Å². The van der Waals surface area contributed by atoms with Crippen LogP contribution in [-0.2, 0) is 0 Å². The molecule has 0 aliphatic heterocycles. The van der Waals surface area contributed by atoms with Crippen LogP contribution in [0.4, 0.5) is 0 Å². The number of aromatic nitrogens is 2. The summed E-state index contributed by atoms with van der Waals surface area (Å²) in [5.74, 6) is 1.52. The van der Waals surface area contributed by atoms with Crippen molar-refractivity contribution < 1.29 is 0 Å². The first kappa shape index (κ1) is 13.3. The number of thiophene rings is 1. The fourth-order valence-electron chi connectivity index (χ4n) is 2.24. The van der Waals surface area contributed by atoms with Crippen molar-refractivity contribution in [1.82, 2.24) is 9.55 Å². The topological polar surface area (TPSA) is 43.8 Å². The van der Waals surface area contributed by atoms with Crippen LogP contribution in [-0.4, -0.2) is 15.6 Å². The molecule has 4 heteroatoms. The Hall–Kier alpha value is -1.13. The molecule has 0 bridgehead atoms. The summed E-state index contributed by atoms with van der Waals surface area (Å²) >= 11 is 1.76. The second-order valence-electron chi connectivity index (χ2n) is 4.88. The van der Waals surface area contributed by atoms with Crippen LogP contribution in [0, 0.1) is 0 Å². The number of hydrogen-bond donors (Lipinski definition) is 1. The molecule has 2 heterocycles. The first-order chi connectivity index (χ1) is 8.65. The maximum atomic E-state index is 6.33. The van der Waals surface area contributed by atoms with Gasteiger partial charge in [0, 0.05) is 29.2 Å². The summed E-state index contributed by atoms with van der Waals surface area (Å²) in [7, 11) is 0. The van der Waals surface area contributed by atoms with Gasteiger partial charge >= 0.3 is 0 Å². The average molecular weight is 263 g/mol. The van der Waals surface area contributed by atoms with Gasteiger partial charge in [0.05, 0.1) is 6.04 Å². The normalized spacial score (nSPS) is 14.9. The average Bonchev–Trinajstić information content (AvgIpc) is 2.99. The van der Waals surface area contributed by atoms with E-state index in [1.165, 1.54) is 4.88 Å². The highest BCUT2D eigenvalue weighted by Gasteiger charge is 2.24. The third-order valence-corrected chi connectivity index (χ3v) is 4.17. The molecule has 0 aliphatic rings. The van der Waals surface area contributed by atoms with E-state index < -0.39 is 0 Å². The van der Waals surface area contributed by atoms with Crippen LogP contribution in [0.25, 0.3) is 0 Å². The van der Waals surface area contributed by atoms with Crippen LogP contribution in [0.3, 0.4) is 0 Å². The van der Waals surface area contributed by atoms with E-state index in [2.05, 4.69) is 54.0 Å². The zero-order chi connectivity index (χ0) is 13.1. The first-order valence-electron chi connectivity index (χ1n) is 6.46. The van der Waals surface area contributed by atoms with Crippen LogP contribution in [0.5, 0.6) is 0 Å². The molecule has 0 fully saturated rings. The molecule has 0 radical (unpaired) electrons. The summed E-state index contributed by atoms with van der Waals surface area (Å²) in [6.45, 7) is 6.47. The van der Waals surface area contributed by atoms with E-state index in [1.807, 2.05) is 6.20 Å². The predicted octanol–water partition coefficient (Wildman–Crippen LogP) is 3.39. The lowest BCUT2D eigenvalue weighted by Crippen LogP contribution is -2.32. The van der Waals surface area contributed by atoms with Gasteiger partial charge in [0.25, 0.3) is 0 Å². The van der Waals surface area contributed by atoms with Gasteiger partial charge in [-0.15, -0.1) is 11.3 Å². The van der Waals surface area contributed by atoms with Crippen LogP contribution in [0.1, 0.15) is 49.9 Å². The molecule has 0 saturated heterocycles. The fraction of sp³-hybridized carbons (Fsp3) is 0.500. The third kappa shape index (κ3) is 2.49. The molecule has 2 aromatic rings. The third-order valence-electron chi connectivity index (χ3n) is 3.23. The molecule has 0 saturated carbocycles. The SMILES string of the molecule is CCC(N)C(c1cccs1)n1ccnc1C(C)C. The Morgan fingerprint density at radius 1 is 1.44 bits per heavy atom. The zero-order valence-corrected chi connectivity index (χ0v) is 12.0. The van der Waals surface area contributed by atoms with E-state index >= 15 is 0 Å². The van der Waals surface area contributed by atoms with Gasteiger partial charge in [-0.3, -0.25) is 0 Å². The minimum atomic E-state index is 0.121. The Bertz CT molecular complexity index is 473. The highest BCUT2D eigenvalue weighted by molar-refractivity contribution is 7.10. The Balaban J connectivity index is 2.43. The second-order valence-corrected chi connectivity index (χ2v) is 5.86. The van der Waals surface area contributed by atoms with Gasteiger partial charge in [0.2, 0.25) is 0 Å². The van der Waals surface area contributed by atoms with Crippen molar-refractivity contribution in [1.29, 1.82) is 0 Å². The molecule has 2 aromatic heterocycles. The highest BCUT2D eigenvalue weighted by atomic mass is 32.1. The summed E-state index contributed by atoms with van der Waals surface area (Å²) in [6, 6.07) is 4.57. The lowest BCUT2D eigenvalue weighted by atomic mass is 10.0. The number of nitrogens with zero attached hydrogens (tertiary/aromatic N) is 2. The molecule has 18 heavy (non-hydrogen) atoms. The van der Waals surface area contributed by atoms with Crippen LogP contribution < -0.4 is 5.73 Å². The summed E-state index contributed by atoms with van der Waals surface area (Å²) in [6.07, 6.45) is 4.88. The van der Waals surface area contributed by atoms with Crippen molar-refractivity contribution in [2.24, 2.45) is 5.73 Å². The second kappa shape index (κ2) is 5.67. The van der Waals surface area contributed by atoms with Gasteiger partial charge in [-0.05, 0) is 17.9 Å². The van der Waals surface area contributed by atoms with Gasteiger partial charge in [-0.2, -0.15) is 0 Å². The quantitative estimate of drug-likeness (QED) is 0.898. The lowest BCUT2D eigenvalue weighted by molar-refractivity contribution is 0.445. The van der Waals surface area contributed by atoms with Crippen LogP contribution in [0.2, 0.25) is 0 Å². The minimum Gasteiger partial charge on any atom is -0.326 e. The smallest absolute Gasteiger partial charge is 0.111 e. The molecular formula is C14H21N3S. The van der Waals surface area contributed by atoms with Crippen molar-refractivity contribution in [3.8, 4) is 0 Å². The summed E-state index contributed by atoms with van der Waals surface area (Å²) in [5.41, 5.74) is 6.33. The van der Waals surface area contributed by atoms with E-state index in [9.17, 15) is 0 Å². The number of imidazole rings is 1. The molecule has 98 valence electrons. The number of rotatable bonds is 5. The molecule has 0 aromatic carbocycles. The summed E-state index contributed by atoms with van der Waals surface area (Å²) in [4.78, 5) is 5.78. The molecule has 0 amide bonds. The highest BCUT2D eigenvalue weighted by Crippen LogP contribution is 2.29. The Morgan fingerprint density at radius 3 is 2.78 bits per heavy atom. The van der Waals surface area contributed by atoms with Crippen molar-refractivity contribution in [2.75, 3.05) is 0 Å². The van der Waals surface area contributed by atoms with E-state index in [0.29, 0.717) is 5.92 Å². The number of nitrogens with two attached hydrogens (primary N) is 1. The monoisotopic (exact) mass is 263 g/mol. The van der Waals surface area contributed by atoms with E-state index in [4.69, 9.17) is 5.73 Å². The molecular weight excluding hydrogens is 242 g/mol. The maximum Gasteiger partial charge on any atom is 0.111 e. The Morgan fingerprint density at radius 2 is 2.22 bits per heavy atom. The van der Waals surface area contributed by atoms with Crippen molar-refractivity contribution in [2.45, 2.75) is 45.2 Å². The maximum absolute atomic E-state index is 6.33. The fourth-order valence-corrected chi connectivity index (χ4v) is 3.14. The van der Waals surface area contributed by atoms with Gasteiger partial charge in [-0.1, -0.05) is 26.8 Å². The van der Waals surface area contributed by atoms with Crippen molar-refractivity contribution in [3.05, 3.63) is 40.6 Å². The van der Waals surface area contributed by atoms with Crippen molar-refractivity contribution >= 4 is 11.3 Å².